The normalized spacial score (nSPS) is 9.79. The first-order valence-corrected chi connectivity index (χ1v) is 5.69. The van der Waals surface area contributed by atoms with E-state index < -0.39 is 0 Å². The maximum atomic E-state index is 5.51. The van der Waals surface area contributed by atoms with Gasteiger partial charge in [-0.15, -0.1) is 6.42 Å². The summed E-state index contributed by atoms with van der Waals surface area (Å²) in [5.41, 5.74) is 0.497. The fourth-order valence-electron chi connectivity index (χ4n) is 1.46. The maximum absolute atomic E-state index is 5.51. The number of methoxy groups -OCH3 is 3. The highest BCUT2D eigenvalue weighted by Crippen LogP contribution is 2.36. The highest BCUT2D eigenvalue weighted by molar-refractivity contribution is 5.60. The van der Waals surface area contributed by atoms with E-state index in [4.69, 9.17) is 30.1 Å². The van der Waals surface area contributed by atoms with Crippen molar-refractivity contribution in [2.24, 2.45) is 0 Å². The summed E-state index contributed by atoms with van der Waals surface area (Å²) < 4.78 is 26.0. The molecule has 0 bridgehead atoms. The van der Waals surface area contributed by atoms with E-state index in [2.05, 4.69) is 5.92 Å². The van der Waals surface area contributed by atoms with Crippen molar-refractivity contribution in [1.29, 1.82) is 0 Å². The largest absolute Gasteiger partial charge is 0.495 e. The van der Waals surface area contributed by atoms with Crippen LogP contribution in [0.3, 0.4) is 0 Å². The molecule has 19 heavy (non-hydrogen) atoms. The molecule has 0 aliphatic rings. The second kappa shape index (κ2) is 8.25. The lowest BCUT2D eigenvalue weighted by Crippen LogP contribution is -2.09. The molecule has 0 amide bonds. The molecule has 0 spiro atoms. The van der Waals surface area contributed by atoms with Gasteiger partial charge in [0.05, 0.1) is 27.4 Å². The van der Waals surface area contributed by atoms with E-state index in [1.54, 1.807) is 33.5 Å². The molecule has 104 valence electrons. The summed E-state index contributed by atoms with van der Waals surface area (Å²) in [6.07, 6.45) is 5.48. The highest BCUT2D eigenvalue weighted by atomic mass is 16.7. The van der Waals surface area contributed by atoms with Gasteiger partial charge >= 0.3 is 0 Å². The Labute approximate surface area is 113 Å². The van der Waals surface area contributed by atoms with Crippen LogP contribution in [0.4, 0.5) is 0 Å². The van der Waals surface area contributed by atoms with Gasteiger partial charge in [-0.05, 0) is 12.1 Å². The van der Waals surface area contributed by atoms with E-state index in [9.17, 15) is 0 Å². The zero-order valence-corrected chi connectivity index (χ0v) is 11.4. The molecule has 0 fully saturated rings. The summed E-state index contributed by atoms with van der Waals surface area (Å²) in [6.45, 7) is 0.996. The SMILES string of the molecule is C#Cc1c(OC)ccc(OC)c1OCOCCOC. The van der Waals surface area contributed by atoms with E-state index in [-0.39, 0.29) is 6.79 Å². The molecule has 5 heteroatoms. The summed E-state index contributed by atoms with van der Waals surface area (Å²) in [6, 6.07) is 3.46. The number of hydrogen-bond donors (Lipinski definition) is 0. The minimum Gasteiger partial charge on any atom is -0.495 e. The Balaban J connectivity index is 2.81. The van der Waals surface area contributed by atoms with E-state index >= 15 is 0 Å². The molecule has 1 rings (SSSR count). The van der Waals surface area contributed by atoms with Gasteiger partial charge in [-0.2, -0.15) is 0 Å². The summed E-state index contributed by atoms with van der Waals surface area (Å²) in [4.78, 5) is 0. The first-order valence-electron chi connectivity index (χ1n) is 5.69. The number of ether oxygens (including phenoxy) is 5. The van der Waals surface area contributed by atoms with Crippen LogP contribution in [0.25, 0.3) is 0 Å². The molecule has 0 atom stereocenters. The van der Waals surface area contributed by atoms with Crippen LogP contribution >= 0.6 is 0 Å². The third-order valence-electron chi connectivity index (χ3n) is 2.39. The third-order valence-corrected chi connectivity index (χ3v) is 2.39. The topological polar surface area (TPSA) is 46.2 Å². The third kappa shape index (κ3) is 4.05. The molecule has 0 heterocycles. The molecule has 1 aromatic rings. The van der Waals surface area contributed by atoms with Gasteiger partial charge in [0, 0.05) is 7.11 Å². The van der Waals surface area contributed by atoms with Crippen molar-refractivity contribution < 1.29 is 23.7 Å². The van der Waals surface area contributed by atoms with Crippen molar-refractivity contribution in [1.82, 2.24) is 0 Å². The van der Waals surface area contributed by atoms with E-state index in [0.717, 1.165) is 0 Å². The minimum atomic E-state index is 0.0571. The van der Waals surface area contributed by atoms with Crippen LogP contribution in [0.1, 0.15) is 5.56 Å². The smallest absolute Gasteiger partial charge is 0.189 e. The fourth-order valence-corrected chi connectivity index (χ4v) is 1.46. The first-order chi connectivity index (χ1) is 9.28. The molecule has 0 saturated carbocycles. The van der Waals surface area contributed by atoms with Crippen molar-refractivity contribution >= 4 is 0 Å². The van der Waals surface area contributed by atoms with Crippen molar-refractivity contribution in [2.45, 2.75) is 0 Å². The van der Waals surface area contributed by atoms with Crippen molar-refractivity contribution in [3.05, 3.63) is 17.7 Å². The van der Waals surface area contributed by atoms with Gasteiger partial charge in [0.2, 0.25) is 0 Å². The molecular formula is C14H18O5. The average molecular weight is 266 g/mol. The monoisotopic (exact) mass is 266 g/mol. The Morgan fingerprint density at radius 1 is 1.05 bits per heavy atom. The number of hydrogen-bond acceptors (Lipinski definition) is 5. The zero-order valence-electron chi connectivity index (χ0n) is 11.4. The molecule has 0 aliphatic carbocycles. The lowest BCUT2D eigenvalue weighted by molar-refractivity contribution is -0.00964. The summed E-state index contributed by atoms with van der Waals surface area (Å²) in [5, 5.41) is 0. The molecule has 0 aliphatic heterocycles. The summed E-state index contributed by atoms with van der Waals surface area (Å²) in [7, 11) is 4.69. The summed E-state index contributed by atoms with van der Waals surface area (Å²) >= 11 is 0. The van der Waals surface area contributed by atoms with Gasteiger partial charge in [-0.3, -0.25) is 0 Å². The van der Waals surface area contributed by atoms with Gasteiger partial charge in [-0.1, -0.05) is 5.92 Å². The Hall–Kier alpha value is -1.90. The molecule has 0 radical (unpaired) electrons. The Bertz CT molecular complexity index is 436. The average Bonchev–Trinajstić information content (AvgIpc) is 2.46. The molecule has 0 saturated heterocycles. The van der Waals surface area contributed by atoms with Crippen molar-refractivity contribution in [3.8, 4) is 29.6 Å². The van der Waals surface area contributed by atoms with Gasteiger partial charge in [0.1, 0.15) is 11.3 Å². The van der Waals surface area contributed by atoms with Crippen LogP contribution in [0, 0.1) is 12.3 Å². The zero-order chi connectivity index (χ0) is 14.1. The molecule has 1 aromatic carbocycles. The molecule has 0 aromatic heterocycles. The van der Waals surface area contributed by atoms with Crippen molar-refractivity contribution in [3.63, 3.8) is 0 Å². The van der Waals surface area contributed by atoms with Crippen LogP contribution in [0.5, 0.6) is 17.2 Å². The number of benzene rings is 1. The van der Waals surface area contributed by atoms with E-state index in [1.165, 1.54) is 0 Å². The predicted molar refractivity (Wildman–Crippen MR) is 70.8 cm³/mol. The van der Waals surface area contributed by atoms with Crippen LogP contribution in [0.2, 0.25) is 0 Å². The van der Waals surface area contributed by atoms with E-state index in [0.29, 0.717) is 36.0 Å². The van der Waals surface area contributed by atoms with Crippen LogP contribution in [-0.4, -0.2) is 41.3 Å². The second-order valence-electron chi connectivity index (χ2n) is 3.48. The Morgan fingerprint density at radius 2 is 1.74 bits per heavy atom. The van der Waals surface area contributed by atoms with Crippen molar-refractivity contribution in [2.75, 3.05) is 41.3 Å². The highest BCUT2D eigenvalue weighted by Gasteiger charge is 2.14. The standard InChI is InChI=1S/C14H18O5/c1-5-11-12(16-3)6-7-13(17-4)14(11)19-10-18-9-8-15-2/h1,6-7H,8-10H2,2-4H3. The van der Waals surface area contributed by atoms with Gasteiger partial charge in [0.15, 0.2) is 18.3 Å². The number of rotatable bonds is 8. The van der Waals surface area contributed by atoms with Gasteiger partial charge in [-0.25, -0.2) is 0 Å². The quantitative estimate of drug-likeness (QED) is 0.407. The van der Waals surface area contributed by atoms with Crippen LogP contribution in [0.15, 0.2) is 12.1 Å². The molecule has 0 unspecified atom stereocenters. The molecule has 0 N–H and O–H groups in total. The lowest BCUT2D eigenvalue weighted by Gasteiger charge is -2.14. The maximum Gasteiger partial charge on any atom is 0.189 e. The first kappa shape index (κ1) is 15.2. The van der Waals surface area contributed by atoms with E-state index in [1.807, 2.05) is 0 Å². The Kier molecular flexibility index (Phi) is 6.58. The van der Waals surface area contributed by atoms with Crippen LogP contribution < -0.4 is 14.2 Å². The van der Waals surface area contributed by atoms with Crippen LogP contribution in [-0.2, 0) is 9.47 Å². The number of terminal acetylenes is 1. The summed E-state index contributed by atoms with van der Waals surface area (Å²) in [5.74, 6) is 4.05. The molecular weight excluding hydrogens is 248 g/mol. The van der Waals surface area contributed by atoms with Gasteiger partial charge < -0.3 is 23.7 Å². The Morgan fingerprint density at radius 3 is 2.32 bits per heavy atom. The molecule has 5 nitrogen and oxygen atoms in total. The minimum absolute atomic E-state index is 0.0571. The second-order valence-corrected chi connectivity index (χ2v) is 3.48. The lowest BCUT2D eigenvalue weighted by atomic mass is 10.1. The van der Waals surface area contributed by atoms with Gasteiger partial charge in [0.25, 0.3) is 0 Å². The fraction of sp³-hybridized carbons (Fsp3) is 0.429. The predicted octanol–water partition coefficient (Wildman–Crippen LogP) is 1.68.